The first-order valence-corrected chi connectivity index (χ1v) is 13.1. The second-order valence-electron chi connectivity index (χ2n) is 8.97. The molecule has 0 aliphatic carbocycles. The van der Waals surface area contributed by atoms with Crippen molar-refractivity contribution in [3.05, 3.63) is 71.7 Å². The lowest BCUT2D eigenvalue weighted by Crippen LogP contribution is -2.48. The Kier molecular flexibility index (Phi) is 7.86. The lowest BCUT2D eigenvalue weighted by molar-refractivity contribution is -0.145. The number of alkyl halides is 6. The number of nitrogens with one attached hydrogen (secondary N) is 1. The predicted molar refractivity (Wildman–Crippen MR) is 125 cm³/mol. The first-order chi connectivity index (χ1) is 18.6. The maximum atomic E-state index is 13.7. The quantitative estimate of drug-likeness (QED) is 0.421. The number of hydrogen-bond acceptors (Lipinski definition) is 6. The van der Waals surface area contributed by atoms with Crippen molar-refractivity contribution in [1.29, 1.82) is 0 Å². The maximum absolute atomic E-state index is 13.7. The van der Waals surface area contributed by atoms with Crippen LogP contribution >= 0.6 is 0 Å². The normalized spacial score (nSPS) is 18.6. The minimum Gasteiger partial charge on any atom is -0.351 e. The second kappa shape index (κ2) is 10.7. The molecule has 214 valence electrons. The fraction of sp³-hybridized carbons (Fsp3) is 0.333. The highest BCUT2D eigenvalue weighted by molar-refractivity contribution is 7.89. The number of pyridine rings is 1. The highest BCUT2D eigenvalue weighted by Gasteiger charge is 2.44. The molecule has 2 aromatic heterocycles. The van der Waals surface area contributed by atoms with E-state index in [1.54, 1.807) is 6.92 Å². The van der Waals surface area contributed by atoms with Crippen LogP contribution < -0.4 is 5.32 Å². The number of benzene rings is 1. The van der Waals surface area contributed by atoms with E-state index in [0.29, 0.717) is 12.6 Å². The Morgan fingerprint density at radius 1 is 0.975 bits per heavy atom. The van der Waals surface area contributed by atoms with Gasteiger partial charge in [-0.25, -0.2) is 22.8 Å². The number of aromatic nitrogens is 3. The summed E-state index contributed by atoms with van der Waals surface area (Å²) in [6, 6.07) is 3.05. The molecule has 16 heteroatoms. The summed E-state index contributed by atoms with van der Waals surface area (Å²) in [6.07, 6.45) is -7.35. The van der Waals surface area contributed by atoms with Gasteiger partial charge in [-0.05, 0) is 55.7 Å². The summed E-state index contributed by atoms with van der Waals surface area (Å²) in [4.78, 5) is 22.8. The van der Waals surface area contributed by atoms with E-state index < -0.39 is 69.7 Å². The lowest BCUT2D eigenvalue weighted by atomic mass is 10.1. The molecule has 2 atom stereocenters. The minimum absolute atomic E-state index is 0.0873. The van der Waals surface area contributed by atoms with Crippen molar-refractivity contribution in [3.63, 3.8) is 0 Å². The van der Waals surface area contributed by atoms with Gasteiger partial charge in [0.05, 0.1) is 16.2 Å². The van der Waals surface area contributed by atoms with Gasteiger partial charge in [0, 0.05) is 36.7 Å². The largest absolute Gasteiger partial charge is 0.451 e. The average Bonchev–Trinajstić information content (AvgIpc) is 3.28. The zero-order chi connectivity index (χ0) is 29.5. The van der Waals surface area contributed by atoms with Gasteiger partial charge in [-0.15, -0.1) is 0 Å². The molecule has 1 amide bonds. The van der Waals surface area contributed by atoms with Gasteiger partial charge in [-0.1, -0.05) is 0 Å². The molecular formula is C24H20F7N5O3S. The third-order valence-corrected chi connectivity index (χ3v) is 8.28. The number of amides is 1. The Hall–Kier alpha value is -3.66. The fourth-order valence-corrected chi connectivity index (χ4v) is 6.14. The Balaban J connectivity index is 1.59. The molecule has 1 saturated heterocycles. The first-order valence-electron chi connectivity index (χ1n) is 11.6. The van der Waals surface area contributed by atoms with E-state index in [0.717, 1.165) is 47.0 Å². The van der Waals surface area contributed by atoms with Gasteiger partial charge >= 0.3 is 12.4 Å². The van der Waals surface area contributed by atoms with Crippen LogP contribution in [0, 0.1) is 5.82 Å². The van der Waals surface area contributed by atoms with Crippen LogP contribution in [0.5, 0.6) is 0 Å². The van der Waals surface area contributed by atoms with Gasteiger partial charge in [0.2, 0.25) is 21.8 Å². The molecule has 1 aliphatic heterocycles. The van der Waals surface area contributed by atoms with Crippen molar-refractivity contribution in [3.8, 4) is 11.3 Å². The molecule has 0 spiro atoms. The summed E-state index contributed by atoms with van der Waals surface area (Å²) < 4.78 is 120. The van der Waals surface area contributed by atoms with Gasteiger partial charge in [0.25, 0.3) is 0 Å². The van der Waals surface area contributed by atoms with E-state index in [1.807, 2.05) is 0 Å². The third-order valence-electron chi connectivity index (χ3n) is 6.24. The predicted octanol–water partition coefficient (Wildman–Crippen LogP) is 4.57. The summed E-state index contributed by atoms with van der Waals surface area (Å²) in [5.74, 6) is -2.97. The maximum Gasteiger partial charge on any atom is 0.451 e. The summed E-state index contributed by atoms with van der Waals surface area (Å²) in [5, 5.41) is 2.33. The monoisotopic (exact) mass is 591 g/mol. The standard InChI is InChI=1S/C24H20F7N5O3S/c1-13-2-7-20(36(13)40(38,39)17-5-3-16(25)4-6-17)21(37)33-9-14-8-19(32-12-18(14)23(26,27)28)15-10-34-22(35-11-15)24(29,30)31/h3-6,8,10-13,20H,2,7,9H2,1H3,(H,33,37)/t13-,20-/m0/s1. The summed E-state index contributed by atoms with van der Waals surface area (Å²) in [5.41, 5.74) is -1.96. The van der Waals surface area contributed by atoms with Crippen LogP contribution in [-0.4, -0.2) is 45.7 Å². The molecule has 0 bridgehead atoms. The molecule has 1 aromatic carbocycles. The van der Waals surface area contributed by atoms with Crippen molar-refractivity contribution in [2.24, 2.45) is 0 Å². The minimum atomic E-state index is -4.89. The number of nitrogens with zero attached hydrogens (tertiary/aromatic N) is 4. The molecular weight excluding hydrogens is 571 g/mol. The molecule has 40 heavy (non-hydrogen) atoms. The van der Waals surface area contributed by atoms with Gasteiger partial charge < -0.3 is 5.32 Å². The van der Waals surface area contributed by atoms with E-state index in [1.165, 1.54) is 0 Å². The highest BCUT2D eigenvalue weighted by Crippen LogP contribution is 2.35. The molecule has 4 rings (SSSR count). The molecule has 1 fully saturated rings. The number of carbonyl (C=O) groups is 1. The van der Waals surface area contributed by atoms with Gasteiger partial charge in [0.1, 0.15) is 11.9 Å². The van der Waals surface area contributed by atoms with E-state index >= 15 is 0 Å². The zero-order valence-corrected chi connectivity index (χ0v) is 21.3. The number of carbonyl (C=O) groups excluding carboxylic acids is 1. The first kappa shape index (κ1) is 29.3. The van der Waals surface area contributed by atoms with Crippen molar-refractivity contribution in [2.75, 3.05) is 0 Å². The van der Waals surface area contributed by atoms with Crippen LogP contribution in [0.4, 0.5) is 30.7 Å². The summed E-state index contributed by atoms with van der Waals surface area (Å²) >= 11 is 0. The molecule has 0 radical (unpaired) electrons. The van der Waals surface area contributed by atoms with Crippen LogP contribution in [0.3, 0.4) is 0 Å². The zero-order valence-electron chi connectivity index (χ0n) is 20.5. The Morgan fingerprint density at radius 3 is 2.17 bits per heavy atom. The van der Waals surface area contributed by atoms with Gasteiger partial charge in [-0.2, -0.15) is 30.6 Å². The van der Waals surface area contributed by atoms with Crippen LogP contribution in [-0.2, 0) is 33.7 Å². The molecule has 0 unspecified atom stereocenters. The van der Waals surface area contributed by atoms with E-state index in [2.05, 4.69) is 20.3 Å². The van der Waals surface area contributed by atoms with Crippen molar-refractivity contribution >= 4 is 15.9 Å². The van der Waals surface area contributed by atoms with Crippen molar-refractivity contribution < 1.29 is 43.9 Å². The average molecular weight is 592 g/mol. The molecule has 1 aliphatic rings. The third kappa shape index (κ3) is 6.06. The molecule has 1 N–H and O–H groups in total. The molecule has 0 saturated carbocycles. The van der Waals surface area contributed by atoms with E-state index in [-0.39, 0.29) is 22.6 Å². The number of sulfonamides is 1. The SMILES string of the molecule is C[C@H]1CC[C@@H](C(=O)NCc2cc(-c3cnc(C(F)(F)F)nc3)ncc2C(F)(F)F)N1S(=O)(=O)c1ccc(F)cc1. The van der Waals surface area contributed by atoms with Crippen LogP contribution in [0.25, 0.3) is 11.3 Å². The Labute approximate surface area is 223 Å². The van der Waals surface area contributed by atoms with Gasteiger partial charge in [0.15, 0.2) is 0 Å². The lowest BCUT2D eigenvalue weighted by Gasteiger charge is -2.27. The second-order valence-corrected chi connectivity index (χ2v) is 10.8. The van der Waals surface area contributed by atoms with Crippen molar-refractivity contribution in [2.45, 2.75) is 55.6 Å². The van der Waals surface area contributed by atoms with E-state index in [9.17, 15) is 43.9 Å². The van der Waals surface area contributed by atoms with E-state index in [4.69, 9.17) is 0 Å². The molecule has 3 aromatic rings. The summed E-state index contributed by atoms with van der Waals surface area (Å²) in [7, 11) is -4.25. The number of hydrogen-bond donors (Lipinski definition) is 1. The van der Waals surface area contributed by atoms with Crippen LogP contribution in [0.2, 0.25) is 0 Å². The fourth-order valence-electron chi connectivity index (χ4n) is 4.30. The van der Waals surface area contributed by atoms with Crippen molar-refractivity contribution in [1.82, 2.24) is 24.6 Å². The summed E-state index contributed by atoms with van der Waals surface area (Å²) in [6.45, 7) is 0.872. The molecule has 8 nitrogen and oxygen atoms in total. The highest BCUT2D eigenvalue weighted by atomic mass is 32.2. The van der Waals surface area contributed by atoms with Crippen LogP contribution in [0.1, 0.15) is 36.7 Å². The smallest absolute Gasteiger partial charge is 0.351 e. The Bertz CT molecular complexity index is 1500. The molecule has 3 heterocycles. The Morgan fingerprint density at radius 2 is 1.60 bits per heavy atom. The van der Waals surface area contributed by atoms with Crippen LogP contribution in [0.15, 0.2) is 53.8 Å². The number of halogens is 7. The van der Waals surface area contributed by atoms with Gasteiger partial charge in [-0.3, -0.25) is 9.78 Å². The topological polar surface area (TPSA) is 105 Å². The number of rotatable bonds is 6.